The van der Waals surface area contributed by atoms with Crippen molar-refractivity contribution in [2.45, 2.75) is 26.3 Å². The summed E-state index contributed by atoms with van der Waals surface area (Å²) >= 11 is 0. The molecule has 2 N–H and O–H groups in total. The van der Waals surface area contributed by atoms with Crippen molar-refractivity contribution in [3.63, 3.8) is 0 Å². The number of hydrogen-bond acceptors (Lipinski definition) is 4. The van der Waals surface area contributed by atoms with Gasteiger partial charge in [-0.3, -0.25) is 0 Å². The van der Waals surface area contributed by atoms with E-state index in [9.17, 15) is 8.42 Å². The maximum absolute atomic E-state index is 11.3. The topological polar surface area (TPSA) is 75.6 Å². The maximum atomic E-state index is 11.3. The minimum atomic E-state index is -3.31. The van der Waals surface area contributed by atoms with Gasteiger partial charge in [-0.15, -0.1) is 0 Å². The van der Waals surface area contributed by atoms with Crippen molar-refractivity contribution in [1.82, 2.24) is 4.72 Å². The van der Waals surface area contributed by atoms with Crippen molar-refractivity contribution in [3.05, 3.63) is 0 Å². The molecule has 0 unspecified atom stereocenters. The predicted octanol–water partition coefficient (Wildman–Crippen LogP) is -0.287. The molecule has 0 fully saturated rings. The molecule has 0 aliphatic heterocycles. The molecule has 0 heterocycles. The van der Waals surface area contributed by atoms with Crippen LogP contribution in [0.15, 0.2) is 0 Å². The molecule has 1 atom stereocenters. The first-order valence-electron chi connectivity index (χ1n) is 4.74. The molecule has 0 amide bonds. The monoisotopic (exact) mass is 225 g/mol. The predicted molar refractivity (Wildman–Crippen MR) is 54.6 cm³/mol. The molecule has 0 aromatic carbocycles. The molecule has 0 bridgehead atoms. The van der Waals surface area contributed by atoms with Crippen LogP contribution in [0.5, 0.6) is 0 Å². The van der Waals surface area contributed by atoms with Gasteiger partial charge in [-0.05, 0) is 13.3 Å². The zero-order chi connectivity index (χ0) is 11.0. The summed E-state index contributed by atoms with van der Waals surface area (Å²) in [5, 5.41) is 8.80. The quantitative estimate of drug-likeness (QED) is 0.557. The number of sulfonamides is 1. The van der Waals surface area contributed by atoms with Crippen LogP contribution < -0.4 is 4.72 Å². The van der Waals surface area contributed by atoms with Gasteiger partial charge in [0, 0.05) is 12.6 Å². The first-order chi connectivity index (χ1) is 6.55. The molecule has 0 radical (unpaired) electrons. The van der Waals surface area contributed by atoms with Crippen molar-refractivity contribution in [3.8, 4) is 0 Å². The molecule has 0 saturated heterocycles. The third-order valence-electron chi connectivity index (χ3n) is 1.76. The normalized spacial score (nSPS) is 14.2. The summed E-state index contributed by atoms with van der Waals surface area (Å²) in [5.74, 6) is -0.0582. The number of aliphatic hydroxyl groups excluding tert-OH is 1. The van der Waals surface area contributed by atoms with E-state index in [2.05, 4.69) is 4.72 Å². The number of aliphatic hydroxyl groups is 1. The Labute approximate surface area is 85.5 Å². The summed E-state index contributed by atoms with van der Waals surface area (Å²) < 4.78 is 30.0. The van der Waals surface area contributed by atoms with E-state index in [1.807, 2.05) is 13.8 Å². The van der Waals surface area contributed by atoms with Crippen LogP contribution in [0.3, 0.4) is 0 Å². The number of hydrogen-bond donors (Lipinski definition) is 2. The summed E-state index contributed by atoms with van der Waals surface area (Å²) in [6.45, 7) is 4.14. The SMILES string of the molecule is CCOCCS(=O)(=O)N[C@H](CC)CO. The van der Waals surface area contributed by atoms with Crippen LogP contribution in [0, 0.1) is 0 Å². The first-order valence-corrected chi connectivity index (χ1v) is 6.39. The van der Waals surface area contributed by atoms with Crippen molar-refractivity contribution >= 4 is 10.0 Å². The van der Waals surface area contributed by atoms with E-state index in [1.165, 1.54) is 0 Å². The van der Waals surface area contributed by atoms with Gasteiger partial charge in [-0.1, -0.05) is 6.92 Å². The fraction of sp³-hybridized carbons (Fsp3) is 1.00. The second-order valence-corrected chi connectivity index (χ2v) is 4.79. The van der Waals surface area contributed by atoms with E-state index in [4.69, 9.17) is 9.84 Å². The average molecular weight is 225 g/mol. The minimum Gasteiger partial charge on any atom is -0.395 e. The zero-order valence-corrected chi connectivity index (χ0v) is 9.51. The van der Waals surface area contributed by atoms with Crippen LogP contribution in [-0.2, 0) is 14.8 Å². The Morgan fingerprint density at radius 3 is 2.50 bits per heavy atom. The molecular formula is C8H19NO4S. The molecule has 0 rings (SSSR count). The summed E-state index contributed by atoms with van der Waals surface area (Å²) in [6.07, 6.45) is 0.574. The van der Waals surface area contributed by atoms with Crippen molar-refractivity contribution in [2.24, 2.45) is 0 Å². The van der Waals surface area contributed by atoms with E-state index in [0.29, 0.717) is 13.0 Å². The fourth-order valence-corrected chi connectivity index (χ4v) is 2.08. The number of ether oxygens (including phenoxy) is 1. The average Bonchev–Trinajstić information content (AvgIpc) is 2.14. The smallest absolute Gasteiger partial charge is 0.214 e. The second-order valence-electron chi connectivity index (χ2n) is 2.92. The largest absolute Gasteiger partial charge is 0.395 e. The van der Waals surface area contributed by atoms with E-state index in [1.54, 1.807) is 0 Å². The summed E-state index contributed by atoms with van der Waals surface area (Å²) in [6, 6.07) is -0.387. The molecule has 6 heteroatoms. The second kappa shape index (κ2) is 7.17. The fourth-order valence-electron chi connectivity index (χ4n) is 0.876. The molecule has 0 aromatic rings. The number of nitrogens with one attached hydrogen (secondary N) is 1. The van der Waals surface area contributed by atoms with Gasteiger partial charge in [0.15, 0.2) is 0 Å². The van der Waals surface area contributed by atoms with E-state index in [0.717, 1.165) is 0 Å². The van der Waals surface area contributed by atoms with Gasteiger partial charge in [0.25, 0.3) is 0 Å². The molecule has 0 spiro atoms. The summed E-state index contributed by atoms with van der Waals surface area (Å²) in [7, 11) is -3.31. The summed E-state index contributed by atoms with van der Waals surface area (Å²) in [5.41, 5.74) is 0. The Morgan fingerprint density at radius 1 is 1.43 bits per heavy atom. The lowest BCUT2D eigenvalue weighted by Gasteiger charge is -2.13. The molecule has 86 valence electrons. The van der Waals surface area contributed by atoms with Gasteiger partial charge in [0.05, 0.1) is 19.0 Å². The molecule has 14 heavy (non-hydrogen) atoms. The van der Waals surface area contributed by atoms with E-state index >= 15 is 0 Å². The standard InChI is InChI=1S/C8H19NO4S/c1-3-8(7-10)9-14(11,12)6-5-13-4-2/h8-10H,3-7H2,1-2H3/t8-/m1/s1. The van der Waals surface area contributed by atoms with Crippen LogP contribution in [0.4, 0.5) is 0 Å². The molecule has 0 aliphatic carbocycles. The molecule has 5 nitrogen and oxygen atoms in total. The highest BCUT2D eigenvalue weighted by Gasteiger charge is 2.15. The minimum absolute atomic E-state index is 0.0582. The van der Waals surface area contributed by atoms with Gasteiger partial charge in [0.2, 0.25) is 10.0 Å². The molecule has 0 aromatic heterocycles. The maximum Gasteiger partial charge on any atom is 0.214 e. The van der Waals surface area contributed by atoms with Gasteiger partial charge in [-0.2, -0.15) is 0 Å². The zero-order valence-electron chi connectivity index (χ0n) is 8.69. The Bertz CT molecular complexity index is 223. The first kappa shape index (κ1) is 13.8. The van der Waals surface area contributed by atoms with Gasteiger partial charge in [0.1, 0.15) is 0 Å². The Morgan fingerprint density at radius 2 is 2.07 bits per heavy atom. The lowest BCUT2D eigenvalue weighted by molar-refractivity contribution is 0.163. The van der Waals surface area contributed by atoms with Crippen LogP contribution in [0.2, 0.25) is 0 Å². The van der Waals surface area contributed by atoms with Crippen LogP contribution in [-0.4, -0.2) is 45.1 Å². The van der Waals surface area contributed by atoms with Crippen LogP contribution in [0.25, 0.3) is 0 Å². The Kier molecular flexibility index (Phi) is 7.08. The van der Waals surface area contributed by atoms with Crippen molar-refractivity contribution in [1.29, 1.82) is 0 Å². The lowest BCUT2D eigenvalue weighted by Crippen LogP contribution is -2.39. The highest BCUT2D eigenvalue weighted by molar-refractivity contribution is 7.89. The number of rotatable bonds is 8. The van der Waals surface area contributed by atoms with E-state index in [-0.39, 0.29) is 25.0 Å². The highest BCUT2D eigenvalue weighted by atomic mass is 32.2. The van der Waals surface area contributed by atoms with E-state index < -0.39 is 10.0 Å². The summed E-state index contributed by atoms with van der Waals surface area (Å²) in [4.78, 5) is 0. The Hall–Kier alpha value is -0.170. The Balaban J connectivity index is 3.93. The highest BCUT2D eigenvalue weighted by Crippen LogP contribution is 1.94. The molecule has 0 saturated carbocycles. The third-order valence-corrected chi connectivity index (χ3v) is 3.16. The van der Waals surface area contributed by atoms with Gasteiger partial charge < -0.3 is 9.84 Å². The molecular weight excluding hydrogens is 206 g/mol. The van der Waals surface area contributed by atoms with Crippen molar-refractivity contribution < 1.29 is 18.3 Å². The van der Waals surface area contributed by atoms with Gasteiger partial charge in [-0.25, -0.2) is 13.1 Å². The van der Waals surface area contributed by atoms with Crippen LogP contribution in [0.1, 0.15) is 20.3 Å². The molecule has 0 aliphatic rings. The van der Waals surface area contributed by atoms with Crippen molar-refractivity contribution in [2.75, 3.05) is 25.6 Å². The van der Waals surface area contributed by atoms with Gasteiger partial charge >= 0.3 is 0 Å². The van der Waals surface area contributed by atoms with Crippen LogP contribution >= 0.6 is 0 Å². The lowest BCUT2D eigenvalue weighted by atomic mass is 10.3. The third kappa shape index (κ3) is 6.31.